The predicted molar refractivity (Wildman–Crippen MR) is 57.5 cm³/mol. The second-order valence-electron chi connectivity index (χ2n) is 2.90. The van der Waals surface area contributed by atoms with Crippen LogP contribution in [0.2, 0.25) is 0 Å². The number of nitrogens with zero attached hydrogens (tertiary/aromatic N) is 1. The molecule has 1 aliphatic heterocycles. The van der Waals surface area contributed by atoms with Crippen molar-refractivity contribution in [2.24, 2.45) is 5.10 Å². The molecule has 0 unspecified atom stereocenters. The quantitative estimate of drug-likeness (QED) is 0.755. The van der Waals surface area contributed by atoms with Crippen molar-refractivity contribution in [3.05, 3.63) is 47.1 Å². The van der Waals surface area contributed by atoms with Crippen molar-refractivity contribution in [3.8, 4) is 0 Å². The second-order valence-corrected chi connectivity index (χ2v) is 3.55. The van der Waals surface area contributed by atoms with E-state index in [1.54, 1.807) is 0 Å². The number of benzene rings is 1. The summed E-state index contributed by atoms with van der Waals surface area (Å²) in [5, 5.41) is 5.31. The molecule has 0 spiro atoms. The zero-order valence-electron chi connectivity index (χ0n) is 7.40. The van der Waals surface area contributed by atoms with Crippen LogP contribution in [-0.2, 0) is 6.42 Å². The molecule has 1 aromatic carbocycles. The molecule has 0 aliphatic carbocycles. The van der Waals surface area contributed by atoms with Gasteiger partial charge in [0, 0.05) is 11.8 Å². The highest BCUT2D eigenvalue weighted by molar-refractivity contribution is 8.00. The Morgan fingerprint density at radius 1 is 1.29 bits per heavy atom. The molecule has 1 aromatic rings. The van der Waals surface area contributed by atoms with E-state index in [-0.39, 0.29) is 5.83 Å². The Labute approximate surface area is 86.0 Å². The number of halogens is 1. The van der Waals surface area contributed by atoms with E-state index in [9.17, 15) is 4.39 Å². The first-order valence-electron chi connectivity index (χ1n) is 4.23. The highest BCUT2D eigenvalue weighted by Gasteiger charge is 2.10. The van der Waals surface area contributed by atoms with Crippen LogP contribution < -0.4 is 4.83 Å². The smallest absolute Gasteiger partial charge is 0.154 e. The van der Waals surface area contributed by atoms with Crippen LogP contribution in [-0.4, -0.2) is 5.71 Å². The molecule has 2 rings (SSSR count). The normalized spacial score (nSPS) is 15.5. The molecule has 0 saturated heterocycles. The van der Waals surface area contributed by atoms with Gasteiger partial charge in [-0.2, -0.15) is 5.10 Å². The first-order chi connectivity index (χ1) is 6.86. The molecule has 72 valence electrons. The van der Waals surface area contributed by atoms with Crippen LogP contribution in [0.1, 0.15) is 5.56 Å². The van der Waals surface area contributed by atoms with E-state index in [2.05, 4.69) is 9.93 Å². The predicted octanol–water partition coefficient (Wildman–Crippen LogP) is 2.65. The van der Waals surface area contributed by atoms with Gasteiger partial charge in [-0.3, -0.25) is 0 Å². The number of rotatable bonds is 2. The van der Waals surface area contributed by atoms with Crippen LogP contribution in [0.5, 0.6) is 0 Å². The summed E-state index contributed by atoms with van der Waals surface area (Å²) in [7, 11) is 0. The van der Waals surface area contributed by atoms with Crippen molar-refractivity contribution in [3.63, 3.8) is 0 Å². The minimum absolute atomic E-state index is 0.252. The molecule has 0 atom stereocenters. The topological polar surface area (TPSA) is 24.4 Å². The first-order valence-corrected chi connectivity index (χ1v) is 5.11. The summed E-state index contributed by atoms with van der Waals surface area (Å²) in [6.07, 6.45) is 0.525. The Kier molecular flexibility index (Phi) is 2.84. The van der Waals surface area contributed by atoms with Gasteiger partial charge >= 0.3 is 0 Å². The van der Waals surface area contributed by atoms with Gasteiger partial charge in [0.1, 0.15) is 5.71 Å². The molecule has 1 aliphatic rings. The van der Waals surface area contributed by atoms with E-state index in [0.717, 1.165) is 17.5 Å². The lowest BCUT2D eigenvalue weighted by molar-refractivity contribution is 0.676. The molecule has 0 amide bonds. The monoisotopic (exact) mass is 208 g/mol. The fourth-order valence-electron chi connectivity index (χ4n) is 1.19. The van der Waals surface area contributed by atoms with Crippen molar-refractivity contribution < 1.29 is 4.39 Å². The molecular weight excluding hydrogens is 199 g/mol. The van der Waals surface area contributed by atoms with E-state index in [1.165, 1.54) is 5.41 Å². The van der Waals surface area contributed by atoms with Gasteiger partial charge in [0.05, 0.1) is 0 Å². The van der Waals surface area contributed by atoms with Gasteiger partial charge in [0.15, 0.2) is 5.83 Å². The molecule has 0 aromatic heterocycles. The van der Waals surface area contributed by atoms with Gasteiger partial charge in [-0.15, -0.1) is 0 Å². The van der Waals surface area contributed by atoms with Crippen LogP contribution in [0.15, 0.2) is 46.7 Å². The maximum Gasteiger partial charge on any atom is 0.154 e. The lowest BCUT2D eigenvalue weighted by atomic mass is 10.1. The average Bonchev–Trinajstić information content (AvgIpc) is 2.23. The largest absolute Gasteiger partial charge is 0.247 e. The number of hydrogen-bond acceptors (Lipinski definition) is 3. The van der Waals surface area contributed by atoms with Gasteiger partial charge in [0.25, 0.3) is 0 Å². The van der Waals surface area contributed by atoms with Crippen molar-refractivity contribution >= 4 is 17.7 Å². The van der Waals surface area contributed by atoms with Crippen molar-refractivity contribution in [1.29, 1.82) is 0 Å². The standard InChI is InChI=1S/C10H9FN2S/c11-9-7-14-13-12-10(9)6-8-4-2-1-3-5-8/h1-5,7,13H,6H2. The molecule has 0 radical (unpaired) electrons. The van der Waals surface area contributed by atoms with Crippen LogP contribution in [0.4, 0.5) is 4.39 Å². The summed E-state index contributed by atoms with van der Waals surface area (Å²) in [5.74, 6) is -0.252. The molecule has 2 nitrogen and oxygen atoms in total. The Hall–Kier alpha value is -1.29. The highest BCUT2D eigenvalue weighted by atomic mass is 32.2. The Bertz CT molecular complexity index is 373. The number of hydrazone groups is 1. The molecule has 4 heteroatoms. The minimum atomic E-state index is -0.252. The lowest BCUT2D eigenvalue weighted by Crippen LogP contribution is -2.11. The Balaban J connectivity index is 2.12. The van der Waals surface area contributed by atoms with Crippen LogP contribution in [0.25, 0.3) is 0 Å². The van der Waals surface area contributed by atoms with E-state index in [4.69, 9.17) is 0 Å². The summed E-state index contributed by atoms with van der Waals surface area (Å²) in [6.45, 7) is 0. The zero-order chi connectivity index (χ0) is 9.80. The van der Waals surface area contributed by atoms with Gasteiger partial charge in [-0.05, 0) is 17.5 Å². The highest BCUT2D eigenvalue weighted by Crippen LogP contribution is 2.15. The zero-order valence-corrected chi connectivity index (χ0v) is 8.22. The molecule has 0 fully saturated rings. The van der Waals surface area contributed by atoms with Gasteiger partial charge in [0.2, 0.25) is 0 Å². The maximum absolute atomic E-state index is 13.2. The van der Waals surface area contributed by atoms with Gasteiger partial charge in [-0.25, -0.2) is 9.22 Å². The fourth-order valence-corrected chi connectivity index (χ4v) is 1.65. The number of allylic oxidation sites excluding steroid dienone is 1. The van der Waals surface area contributed by atoms with E-state index < -0.39 is 0 Å². The van der Waals surface area contributed by atoms with Gasteiger partial charge < -0.3 is 0 Å². The first kappa shape index (κ1) is 9.27. The number of hydrogen-bond donors (Lipinski definition) is 1. The summed E-state index contributed by atoms with van der Waals surface area (Å²) in [5.41, 5.74) is 1.51. The van der Waals surface area contributed by atoms with Crippen molar-refractivity contribution in [2.45, 2.75) is 6.42 Å². The maximum atomic E-state index is 13.2. The summed E-state index contributed by atoms with van der Waals surface area (Å²) in [6, 6.07) is 9.71. The molecular formula is C10H9FN2S. The second kappa shape index (κ2) is 4.28. The van der Waals surface area contributed by atoms with Crippen LogP contribution >= 0.6 is 11.9 Å². The summed E-state index contributed by atoms with van der Waals surface area (Å²) in [4.78, 5) is 2.67. The summed E-state index contributed by atoms with van der Waals surface area (Å²) < 4.78 is 13.2. The third-order valence-electron chi connectivity index (χ3n) is 1.89. The van der Waals surface area contributed by atoms with E-state index >= 15 is 0 Å². The Morgan fingerprint density at radius 2 is 2.07 bits per heavy atom. The third kappa shape index (κ3) is 2.14. The van der Waals surface area contributed by atoms with Gasteiger partial charge in [-0.1, -0.05) is 30.3 Å². The minimum Gasteiger partial charge on any atom is -0.247 e. The molecule has 0 bridgehead atoms. The third-order valence-corrected chi connectivity index (χ3v) is 2.41. The average molecular weight is 208 g/mol. The summed E-state index contributed by atoms with van der Waals surface area (Å²) >= 11 is 1.14. The van der Waals surface area contributed by atoms with E-state index in [0.29, 0.717) is 12.1 Å². The van der Waals surface area contributed by atoms with Crippen molar-refractivity contribution in [1.82, 2.24) is 4.83 Å². The molecule has 14 heavy (non-hydrogen) atoms. The SMILES string of the molecule is FC1=CSNN=C1Cc1ccccc1. The number of nitrogens with one attached hydrogen (secondary N) is 1. The van der Waals surface area contributed by atoms with Crippen LogP contribution in [0.3, 0.4) is 0 Å². The molecule has 0 saturated carbocycles. The Morgan fingerprint density at radius 3 is 2.79 bits per heavy atom. The molecule has 1 heterocycles. The molecule has 1 N–H and O–H groups in total. The lowest BCUT2D eigenvalue weighted by Gasteiger charge is -2.08. The van der Waals surface area contributed by atoms with E-state index in [1.807, 2.05) is 30.3 Å². The van der Waals surface area contributed by atoms with Crippen LogP contribution in [0, 0.1) is 0 Å². The van der Waals surface area contributed by atoms with Crippen molar-refractivity contribution in [2.75, 3.05) is 0 Å². The fraction of sp³-hybridized carbons (Fsp3) is 0.100.